The fourth-order valence-corrected chi connectivity index (χ4v) is 2.56. The number of rotatable bonds is 1. The Balaban J connectivity index is 2.88. The molecule has 0 unspecified atom stereocenters. The Morgan fingerprint density at radius 2 is 2.21 bits per heavy atom. The van der Waals surface area contributed by atoms with Crippen LogP contribution in [0.5, 0.6) is 0 Å². The number of nitrogen functional groups attached to an aromatic ring is 1. The van der Waals surface area contributed by atoms with Crippen LogP contribution >= 0.6 is 22.9 Å². The van der Waals surface area contributed by atoms with Gasteiger partial charge in [0, 0.05) is 5.39 Å². The molecular formula is C9H6ClNO2S. The maximum atomic E-state index is 10.9. The van der Waals surface area contributed by atoms with Crippen LogP contribution in [0, 0.1) is 0 Å². The Morgan fingerprint density at radius 3 is 2.86 bits per heavy atom. The van der Waals surface area contributed by atoms with Gasteiger partial charge in [-0.15, -0.1) is 11.3 Å². The lowest BCUT2D eigenvalue weighted by Crippen LogP contribution is -1.95. The van der Waals surface area contributed by atoms with Crippen molar-refractivity contribution in [2.45, 2.75) is 0 Å². The molecule has 0 aliphatic rings. The van der Waals surface area contributed by atoms with Crippen LogP contribution in [0.2, 0.25) is 4.34 Å². The molecule has 0 aliphatic heterocycles. The van der Waals surface area contributed by atoms with Crippen LogP contribution < -0.4 is 5.73 Å². The van der Waals surface area contributed by atoms with E-state index < -0.39 is 5.97 Å². The summed E-state index contributed by atoms with van der Waals surface area (Å²) in [5.41, 5.74) is 6.39. The first-order chi connectivity index (χ1) is 6.61. The molecule has 2 rings (SSSR count). The number of halogens is 1. The van der Waals surface area contributed by atoms with E-state index in [2.05, 4.69) is 0 Å². The molecule has 5 heteroatoms. The number of carboxylic acids is 1. The molecule has 0 saturated carbocycles. The van der Waals surface area contributed by atoms with Gasteiger partial charge in [0.15, 0.2) is 0 Å². The van der Waals surface area contributed by atoms with Crippen LogP contribution in [0.3, 0.4) is 0 Å². The van der Waals surface area contributed by atoms with Crippen molar-refractivity contribution in [1.82, 2.24) is 0 Å². The first-order valence-corrected chi connectivity index (χ1v) is 5.00. The van der Waals surface area contributed by atoms with E-state index in [4.69, 9.17) is 22.4 Å². The Kier molecular flexibility index (Phi) is 2.09. The summed E-state index contributed by atoms with van der Waals surface area (Å²) in [6, 6.07) is 4.96. The second-order valence-electron chi connectivity index (χ2n) is 2.78. The number of benzene rings is 1. The third kappa shape index (κ3) is 1.23. The molecule has 1 aromatic carbocycles. The molecule has 3 nitrogen and oxygen atoms in total. The van der Waals surface area contributed by atoms with E-state index in [0.29, 0.717) is 20.1 Å². The summed E-state index contributed by atoms with van der Waals surface area (Å²) < 4.78 is 1.07. The van der Waals surface area contributed by atoms with Gasteiger partial charge >= 0.3 is 5.97 Å². The molecular weight excluding hydrogens is 222 g/mol. The van der Waals surface area contributed by atoms with Crippen molar-refractivity contribution in [3.05, 3.63) is 28.1 Å². The second-order valence-corrected chi connectivity index (χ2v) is 4.40. The molecule has 0 spiro atoms. The zero-order valence-corrected chi connectivity index (χ0v) is 8.52. The molecule has 2 aromatic rings. The second kappa shape index (κ2) is 3.15. The molecule has 14 heavy (non-hydrogen) atoms. The standard InChI is InChI=1S/C9H6ClNO2S/c10-8-6(11)4-2-1-3-5(9(12)13)7(4)14-8/h1-3H,11H2,(H,12,13). The first kappa shape index (κ1) is 9.30. The predicted octanol–water partition coefficient (Wildman–Crippen LogP) is 2.84. The minimum absolute atomic E-state index is 0.242. The lowest BCUT2D eigenvalue weighted by molar-refractivity contribution is 0.0699. The average molecular weight is 228 g/mol. The van der Waals surface area contributed by atoms with Crippen molar-refractivity contribution < 1.29 is 9.90 Å². The molecule has 1 aromatic heterocycles. The van der Waals surface area contributed by atoms with Gasteiger partial charge in [-0.3, -0.25) is 0 Å². The molecule has 0 amide bonds. The number of fused-ring (bicyclic) bond motifs is 1. The molecule has 1 heterocycles. The zero-order valence-electron chi connectivity index (χ0n) is 6.95. The fourth-order valence-electron chi connectivity index (χ4n) is 1.28. The van der Waals surface area contributed by atoms with Crippen molar-refractivity contribution in [2.75, 3.05) is 5.73 Å². The lowest BCUT2D eigenvalue weighted by Gasteiger charge is -1.95. The Morgan fingerprint density at radius 1 is 1.50 bits per heavy atom. The number of carbonyl (C=O) groups is 1. The van der Waals surface area contributed by atoms with E-state index >= 15 is 0 Å². The van der Waals surface area contributed by atoms with Crippen LogP contribution in [0.15, 0.2) is 18.2 Å². The normalized spacial score (nSPS) is 10.6. The third-order valence-electron chi connectivity index (χ3n) is 1.94. The Bertz CT molecular complexity index is 521. The number of anilines is 1. The van der Waals surface area contributed by atoms with Gasteiger partial charge in [0.1, 0.15) is 4.34 Å². The lowest BCUT2D eigenvalue weighted by atomic mass is 10.1. The van der Waals surface area contributed by atoms with E-state index in [1.54, 1.807) is 12.1 Å². The number of carboxylic acid groups (broad SMARTS) is 1. The Hall–Kier alpha value is -1.26. The Labute approximate surface area is 88.7 Å². The quantitative estimate of drug-likeness (QED) is 0.788. The van der Waals surface area contributed by atoms with Gasteiger partial charge < -0.3 is 10.8 Å². The summed E-state index contributed by atoms with van der Waals surface area (Å²) in [4.78, 5) is 10.9. The smallest absolute Gasteiger partial charge is 0.337 e. The minimum Gasteiger partial charge on any atom is -0.478 e. The summed E-state index contributed by atoms with van der Waals surface area (Å²) in [7, 11) is 0. The highest BCUT2D eigenvalue weighted by molar-refractivity contribution is 7.23. The van der Waals surface area contributed by atoms with Crippen LogP contribution in [0.4, 0.5) is 5.69 Å². The topological polar surface area (TPSA) is 63.3 Å². The highest BCUT2D eigenvalue weighted by Gasteiger charge is 2.14. The maximum Gasteiger partial charge on any atom is 0.337 e. The van der Waals surface area contributed by atoms with Gasteiger partial charge in [-0.25, -0.2) is 4.79 Å². The van der Waals surface area contributed by atoms with E-state index in [1.165, 1.54) is 17.4 Å². The minimum atomic E-state index is -0.964. The number of hydrogen-bond acceptors (Lipinski definition) is 3. The summed E-state index contributed by atoms with van der Waals surface area (Å²) in [5.74, 6) is -0.964. The van der Waals surface area contributed by atoms with Gasteiger partial charge in [-0.2, -0.15) is 0 Å². The largest absolute Gasteiger partial charge is 0.478 e. The van der Waals surface area contributed by atoms with Crippen LogP contribution in [-0.2, 0) is 0 Å². The highest BCUT2D eigenvalue weighted by atomic mass is 35.5. The molecule has 3 N–H and O–H groups in total. The van der Waals surface area contributed by atoms with Gasteiger partial charge in [0.05, 0.1) is 16.0 Å². The zero-order chi connectivity index (χ0) is 10.3. The van der Waals surface area contributed by atoms with Crippen LogP contribution in [0.25, 0.3) is 10.1 Å². The van der Waals surface area contributed by atoms with Gasteiger partial charge in [0.2, 0.25) is 0 Å². The molecule has 0 radical (unpaired) electrons. The monoisotopic (exact) mass is 227 g/mol. The molecule has 0 bridgehead atoms. The van der Waals surface area contributed by atoms with Crippen molar-refractivity contribution >= 4 is 44.7 Å². The third-order valence-corrected chi connectivity index (χ3v) is 3.42. The van der Waals surface area contributed by atoms with Crippen molar-refractivity contribution in [2.24, 2.45) is 0 Å². The SMILES string of the molecule is Nc1c(Cl)sc2c(C(=O)O)cccc12. The van der Waals surface area contributed by atoms with Gasteiger partial charge in [0.25, 0.3) is 0 Å². The van der Waals surface area contributed by atoms with E-state index in [-0.39, 0.29) is 5.56 Å². The summed E-state index contributed by atoms with van der Waals surface area (Å²) >= 11 is 7.02. The molecule has 0 saturated heterocycles. The fraction of sp³-hybridized carbons (Fsp3) is 0. The van der Waals surface area contributed by atoms with E-state index in [1.807, 2.05) is 0 Å². The van der Waals surface area contributed by atoms with E-state index in [9.17, 15) is 4.79 Å². The average Bonchev–Trinajstić information content (AvgIpc) is 2.43. The molecule has 0 atom stereocenters. The molecule has 0 fully saturated rings. The number of thiophene rings is 1. The van der Waals surface area contributed by atoms with Crippen molar-refractivity contribution in [1.29, 1.82) is 0 Å². The predicted molar refractivity (Wildman–Crippen MR) is 58.2 cm³/mol. The number of aromatic carboxylic acids is 1. The summed E-state index contributed by atoms with van der Waals surface area (Å²) in [6.45, 7) is 0. The van der Waals surface area contributed by atoms with Gasteiger partial charge in [-0.05, 0) is 6.07 Å². The molecule has 0 aliphatic carbocycles. The summed E-state index contributed by atoms with van der Waals surface area (Å²) in [6.07, 6.45) is 0. The first-order valence-electron chi connectivity index (χ1n) is 3.81. The maximum absolute atomic E-state index is 10.9. The molecule has 72 valence electrons. The highest BCUT2D eigenvalue weighted by Crippen LogP contribution is 2.38. The number of nitrogens with two attached hydrogens (primary N) is 1. The summed E-state index contributed by atoms with van der Waals surface area (Å²) in [5, 5.41) is 9.61. The van der Waals surface area contributed by atoms with Gasteiger partial charge in [-0.1, -0.05) is 23.7 Å². The van der Waals surface area contributed by atoms with Crippen LogP contribution in [0.1, 0.15) is 10.4 Å². The van der Waals surface area contributed by atoms with Crippen LogP contribution in [-0.4, -0.2) is 11.1 Å². The van der Waals surface area contributed by atoms with Crippen molar-refractivity contribution in [3.8, 4) is 0 Å². The van der Waals surface area contributed by atoms with E-state index in [0.717, 1.165) is 0 Å². The van der Waals surface area contributed by atoms with Crippen molar-refractivity contribution in [3.63, 3.8) is 0 Å². The number of hydrogen-bond donors (Lipinski definition) is 2.